The Morgan fingerprint density at radius 2 is 1.02 bits per heavy atom. The summed E-state index contributed by atoms with van der Waals surface area (Å²) in [4.78, 5) is 35.1. The van der Waals surface area contributed by atoms with Gasteiger partial charge in [-0.05, 0) is 95.1 Å². The molecule has 0 radical (unpaired) electrons. The van der Waals surface area contributed by atoms with Crippen LogP contribution in [-0.4, -0.2) is 89.3 Å². The summed E-state index contributed by atoms with van der Waals surface area (Å²) in [6.07, 6.45) is 8.68. The average Bonchev–Trinajstić information content (AvgIpc) is 3.95. The zero-order valence-corrected chi connectivity index (χ0v) is 37.5. The summed E-state index contributed by atoms with van der Waals surface area (Å²) in [5.74, 6) is 0.193. The smallest absolute Gasteiger partial charge is 0.235 e. The van der Waals surface area contributed by atoms with E-state index in [-0.39, 0.29) is 37.0 Å². The topological polar surface area (TPSA) is 89.6 Å². The monoisotopic (exact) mass is 848 g/mol. The van der Waals surface area contributed by atoms with E-state index in [4.69, 9.17) is 9.47 Å². The predicted octanol–water partition coefficient (Wildman–Crippen LogP) is 9.34. The van der Waals surface area contributed by atoms with E-state index in [2.05, 4.69) is 155 Å². The van der Waals surface area contributed by atoms with E-state index < -0.39 is 11.4 Å². The van der Waals surface area contributed by atoms with Gasteiger partial charge in [0.25, 0.3) is 0 Å². The van der Waals surface area contributed by atoms with Crippen LogP contribution in [-0.2, 0) is 29.9 Å². The van der Waals surface area contributed by atoms with Gasteiger partial charge in [0.1, 0.15) is 0 Å². The van der Waals surface area contributed by atoms with E-state index in [1.165, 1.54) is 21.6 Å². The number of carbonyl (C=O) groups excluding carboxylic acids is 2. The van der Waals surface area contributed by atoms with Crippen LogP contribution in [0, 0.1) is 0 Å². The molecule has 4 aromatic rings. The summed E-state index contributed by atoms with van der Waals surface area (Å²) in [5, 5.41) is 6.18. The first-order chi connectivity index (χ1) is 28.6. The molecule has 0 aromatic heterocycles. The second-order valence-corrected chi connectivity index (χ2v) is 19.8. The highest BCUT2D eigenvalue weighted by molar-refractivity contribution is 8.77. The lowest BCUT2D eigenvalue weighted by molar-refractivity contribution is -0.114. The SMILES string of the molecule is CN(C)c1ccc(/C=C/C23OCCN2c2ccc(NC(=O)CSSCC(=O)Nc4ccc5c(c4)C(C)(C)C4(/C=C/c6ccc(N(C)C)cc6)OCCN54)cc2C3(C)C)cc1.[HH].[HH]. The molecule has 2 amide bonds. The van der Waals surface area contributed by atoms with Crippen molar-refractivity contribution in [3.63, 3.8) is 0 Å². The molecule has 2 unspecified atom stereocenters. The maximum Gasteiger partial charge on any atom is 0.235 e. The van der Waals surface area contributed by atoms with Crippen molar-refractivity contribution in [1.29, 1.82) is 0 Å². The molecule has 2 atom stereocenters. The number of ether oxygens (including phenoxy) is 2. The van der Waals surface area contributed by atoms with Crippen molar-refractivity contribution < 1.29 is 21.9 Å². The molecule has 4 aromatic carbocycles. The molecule has 4 aliphatic rings. The quantitative estimate of drug-likeness (QED) is 0.100. The second kappa shape index (κ2) is 16.2. The molecule has 2 N–H and O–H groups in total. The molecule has 0 aliphatic carbocycles. The van der Waals surface area contributed by atoms with Crippen molar-refractivity contribution in [2.45, 2.75) is 50.0 Å². The van der Waals surface area contributed by atoms with Crippen molar-refractivity contribution in [1.82, 2.24) is 0 Å². The van der Waals surface area contributed by atoms with E-state index >= 15 is 0 Å². The summed E-state index contributed by atoms with van der Waals surface area (Å²) < 4.78 is 13.1. The lowest BCUT2D eigenvalue weighted by Gasteiger charge is -2.39. The van der Waals surface area contributed by atoms with E-state index in [0.717, 1.165) is 69.5 Å². The number of fused-ring (bicyclic) bond motifs is 6. The molecular formula is C48H60N6O4S2. The van der Waals surface area contributed by atoms with Gasteiger partial charge in [-0.15, -0.1) is 0 Å². The standard InChI is InChI=1S/C48H56N6O4S2.2H2/c1-45(2)39-29-35(13-19-41(39)53-25-27-57-47(45,53)23-21-33-9-15-37(16-10-33)51(5)6)49-43(55)31-59-60-32-44(56)50-36-14-20-42-40(30-36)46(3,4)48(54(42)26-28-58-48)24-22-34-11-17-38(18-12-34)52(7)8;;/h9-24,29-30H,25-28,31-32H2,1-8H3,(H,49,55)(H,50,56);2*1H/b23-21+,24-22+;;. The van der Waals surface area contributed by atoms with Crippen LogP contribution < -0.4 is 30.2 Å². The van der Waals surface area contributed by atoms with Crippen molar-refractivity contribution in [2.75, 3.05) is 96.2 Å². The third-order valence-electron chi connectivity index (χ3n) is 12.6. The Bertz CT molecular complexity index is 2180. The number of amides is 2. The van der Waals surface area contributed by atoms with Crippen LogP contribution in [0.5, 0.6) is 0 Å². The van der Waals surface area contributed by atoms with Crippen molar-refractivity contribution >= 4 is 79.7 Å². The summed E-state index contributed by atoms with van der Waals surface area (Å²) in [6, 6.07) is 29.3. The fourth-order valence-electron chi connectivity index (χ4n) is 9.26. The molecule has 12 heteroatoms. The molecule has 318 valence electrons. The number of nitrogens with one attached hydrogen (secondary N) is 2. The van der Waals surface area contributed by atoms with Gasteiger partial charge in [0.2, 0.25) is 11.8 Å². The second-order valence-electron chi connectivity index (χ2n) is 17.4. The molecule has 2 saturated heterocycles. The Morgan fingerprint density at radius 1 is 0.633 bits per heavy atom. The van der Waals surface area contributed by atoms with Gasteiger partial charge in [-0.3, -0.25) is 9.59 Å². The summed E-state index contributed by atoms with van der Waals surface area (Å²) in [5.41, 5.74) is 8.51. The predicted molar refractivity (Wildman–Crippen MR) is 257 cm³/mol. The van der Waals surface area contributed by atoms with Crippen molar-refractivity contribution in [2.24, 2.45) is 0 Å². The Hall–Kier alpha value is -4.88. The van der Waals surface area contributed by atoms with Gasteiger partial charge in [-0.1, -0.05) is 85.7 Å². The number of hydrogen-bond acceptors (Lipinski definition) is 10. The first kappa shape index (κ1) is 41.8. The van der Waals surface area contributed by atoms with Crippen molar-refractivity contribution in [3.8, 4) is 0 Å². The molecule has 8 rings (SSSR count). The van der Waals surface area contributed by atoms with Gasteiger partial charge >= 0.3 is 0 Å². The Balaban J connectivity index is 0.00000321. The number of hydrogen-bond donors (Lipinski definition) is 2. The molecule has 0 bridgehead atoms. The van der Waals surface area contributed by atoms with Crippen molar-refractivity contribution in [3.05, 3.63) is 119 Å². The third-order valence-corrected chi connectivity index (χ3v) is 14.8. The number of nitrogens with zero attached hydrogens (tertiary/aromatic N) is 4. The van der Waals surface area contributed by atoms with Crippen LogP contribution in [0.2, 0.25) is 0 Å². The molecule has 10 nitrogen and oxygen atoms in total. The Labute approximate surface area is 365 Å². The normalized spacial score (nSPS) is 21.9. The van der Waals surface area contributed by atoms with E-state index in [1.54, 1.807) is 0 Å². The van der Waals surface area contributed by atoms with Crippen LogP contribution in [0.3, 0.4) is 0 Å². The summed E-state index contributed by atoms with van der Waals surface area (Å²) >= 11 is 0. The number of carbonyl (C=O) groups is 2. The molecule has 0 spiro atoms. The largest absolute Gasteiger partial charge is 0.378 e. The van der Waals surface area contributed by atoms with Gasteiger partial charge in [0, 0.05) is 89.1 Å². The third kappa shape index (κ3) is 7.35. The van der Waals surface area contributed by atoms with Gasteiger partial charge in [0.05, 0.1) is 24.7 Å². The van der Waals surface area contributed by atoms with E-state index in [1.807, 2.05) is 40.3 Å². The maximum atomic E-state index is 13.1. The maximum absolute atomic E-state index is 13.1. The summed E-state index contributed by atoms with van der Waals surface area (Å²) in [6.45, 7) is 11.7. The minimum absolute atomic E-state index is 0. The summed E-state index contributed by atoms with van der Waals surface area (Å²) in [7, 11) is 10.9. The van der Waals surface area contributed by atoms with Gasteiger partial charge < -0.3 is 39.7 Å². The van der Waals surface area contributed by atoms with E-state index in [9.17, 15) is 9.59 Å². The van der Waals surface area contributed by atoms with E-state index in [0.29, 0.717) is 13.2 Å². The highest BCUT2D eigenvalue weighted by atomic mass is 33.1. The van der Waals surface area contributed by atoms with Gasteiger partial charge in [0.15, 0.2) is 11.4 Å². The minimum Gasteiger partial charge on any atom is -0.378 e. The van der Waals surface area contributed by atoms with Gasteiger partial charge in [-0.2, -0.15) is 0 Å². The zero-order chi connectivity index (χ0) is 42.5. The molecule has 4 aliphatic heterocycles. The highest BCUT2D eigenvalue weighted by Gasteiger charge is 2.60. The fraction of sp³-hybridized carbons (Fsp3) is 0.375. The number of rotatable bonds is 13. The average molecular weight is 849 g/mol. The van der Waals surface area contributed by atoms with Gasteiger partial charge in [-0.25, -0.2) is 0 Å². The van der Waals surface area contributed by atoms with Crippen LogP contribution in [0.1, 0.15) is 52.8 Å². The number of benzene rings is 4. The Kier molecular flexibility index (Phi) is 11.3. The molecule has 4 heterocycles. The fourth-order valence-corrected chi connectivity index (χ4v) is 10.9. The molecular weight excluding hydrogens is 789 g/mol. The first-order valence-electron chi connectivity index (χ1n) is 20.5. The number of anilines is 6. The zero-order valence-electron chi connectivity index (χ0n) is 35.9. The van der Waals surface area contributed by atoms with Crippen LogP contribution in [0.15, 0.2) is 97.1 Å². The Morgan fingerprint density at radius 3 is 1.38 bits per heavy atom. The minimum atomic E-state index is -0.633. The lowest BCUT2D eigenvalue weighted by Crippen LogP contribution is -2.51. The van der Waals surface area contributed by atoms with Crippen LogP contribution in [0.4, 0.5) is 34.1 Å². The molecule has 60 heavy (non-hydrogen) atoms. The first-order valence-corrected chi connectivity index (χ1v) is 23.0. The molecule has 2 fully saturated rings. The lowest BCUT2D eigenvalue weighted by atomic mass is 9.77. The highest BCUT2D eigenvalue weighted by Crippen LogP contribution is 2.57. The van der Waals surface area contributed by atoms with Crippen LogP contribution in [0.25, 0.3) is 12.2 Å². The van der Waals surface area contributed by atoms with Crippen LogP contribution >= 0.6 is 21.6 Å². The molecule has 0 saturated carbocycles.